The maximum atomic E-state index is 11.1. The summed E-state index contributed by atoms with van der Waals surface area (Å²) < 4.78 is 14.4. The lowest BCUT2D eigenvalue weighted by molar-refractivity contribution is -0.144. The van der Waals surface area contributed by atoms with E-state index in [1.807, 2.05) is 49.4 Å². The van der Waals surface area contributed by atoms with Gasteiger partial charge in [-0.05, 0) is 38.7 Å². The van der Waals surface area contributed by atoms with Crippen molar-refractivity contribution in [2.75, 3.05) is 20.3 Å². The number of methoxy groups -OCH3 is 1. The molecule has 0 fully saturated rings. The molecule has 0 aliphatic carbocycles. The summed E-state index contributed by atoms with van der Waals surface area (Å²) in [4.78, 5) is 42.2. The van der Waals surface area contributed by atoms with Crippen LogP contribution in [0.5, 0.6) is 0 Å². The van der Waals surface area contributed by atoms with Crippen LogP contribution in [0.3, 0.4) is 0 Å². The zero-order chi connectivity index (χ0) is 34.3. The molecule has 0 heterocycles. The summed E-state index contributed by atoms with van der Waals surface area (Å²) in [6.45, 7) is 21.6. The molecular formula is C35H52O9. The third-order valence-corrected chi connectivity index (χ3v) is 5.26. The minimum atomic E-state index is -0.981. The summed E-state index contributed by atoms with van der Waals surface area (Å²) in [5.74, 6) is -1.97. The van der Waals surface area contributed by atoms with Gasteiger partial charge in [-0.1, -0.05) is 102 Å². The van der Waals surface area contributed by atoms with Gasteiger partial charge in [0, 0.05) is 35.8 Å². The highest BCUT2D eigenvalue weighted by atomic mass is 16.5. The Morgan fingerprint density at radius 2 is 1.52 bits per heavy atom. The van der Waals surface area contributed by atoms with E-state index in [0.717, 1.165) is 24.5 Å². The molecule has 0 saturated heterocycles. The minimum absolute atomic E-state index is 0.0324. The van der Waals surface area contributed by atoms with E-state index in [1.54, 1.807) is 13.8 Å². The van der Waals surface area contributed by atoms with Gasteiger partial charge in [-0.15, -0.1) is 0 Å². The number of hydrogen-bond donors (Lipinski definition) is 2. The summed E-state index contributed by atoms with van der Waals surface area (Å²) >= 11 is 0. The number of carbonyl (C=O) groups is 4. The van der Waals surface area contributed by atoms with Crippen LogP contribution in [-0.4, -0.2) is 60.5 Å². The molecule has 9 heteroatoms. The molecule has 0 spiro atoms. The standard InChI is InChI=1S/C13H14O2.C11H20O2.C8H14O3.C3H4O2/c1-11(13(14)15-2)7-6-10-12-8-4-3-5-9-12;1-4-6-7-8-9-13-11(12)10(3)5-2;1-6(2)8(10)11-7(3)4-5-9;1-2-3(4)5/h3-6,8-10H,1,7H2,2H3;3-9H2,1-2H3;7,9H,1,4-5H2,2-3H3;2H,1H2,(H,4,5). The van der Waals surface area contributed by atoms with Crippen molar-refractivity contribution in [1.82, 2.24) is 0 Å². The first-order valence-corrected chi connectivity index (χ1v) is 14.5. The van der Waals surface area contributed by atoms with E-state index in [2.05, 4.69) is 38.0 Å². The average Bonchev–Trinajstić information content (AvgIpc) is 3.01. The molecule has 9 nitrogen and oxygen atoms in total. The second kappa shape index (κ2) is 30.2. The van der Waals surface area contributed by atoms with Crippen molar-refractivity contribution in [3.63, 3.8) is 0 Å². The average molecular weight is 617 g/mol. The second-order valence-electron chi connectivity index (χ2n) is 9.32. The van der Waals surface area contributed by atoms with E-state index < -0.39 is 11.9 Å². The minimum Gasteiger partial charge on any atom is -0.478 e. The number of carboxylic acids is 1. The van der Waals surface area contributed by atoms with Gasteiger partial charge in [0.1, 0.15) is 6.10 Å². The second-order valence-corrected chi connectivity index (χ2v) is 9.32. The zero-order valence-electron chi connectivity index (χ0n) is 27.1. The quantitative estimate of drug-likeness (QED) is 0.0868. The van der Waals surface area contributed by atoms with Crippen molar-refractivity contribution in [3.8, 4) is 0 Å². The van der Waals surface area contributed by atoms with Crippen LogP contribution in [-0.2, 0) is 33.4 Å². The lowest BCUT2D eigenvalue weighted by atomic mass is 10.1. The van der Waals surface area contributed by atoms with Crippen LogP contribution >= 0.6 is 0 Å². The largest absolute Gasteiger partial charge is 0.478 e. The third-order valence-electron chi connectivity index (χ3n) is 5.26. The van der Waals surface area contributed by atoms with Crippen molar-refractivity contribution < 1.29 is 43.6 Å². The Kier molecular flexibility index (Phi) is 30.4. The highest BCUT2D eigenvalue weighted by Gasteiger charge is 2.08. The van der Waals surface area contributed by atoms with Crippen LogP contribution in [0.15, 0.2) is 85.5 Å². The molecule has 0 aliphatic heterocycles. The first kappa shape index (κ1) is 44.2. The molecule has 246 valence electrons. The number of unbranched alkanes of at least 4 members (excludes halogenated alkanes) is 3. The van der Waals surface area contributed by atoms with Crippen LogP contribution in [0.4, 0.5) is 0 Å². The van der Waals surface area contributed by atoms with Gasteiger partial charge in [-0.2, -0.15) is 0 Å². The van der Waals surface area contributed by atoms with Crippen molar-refractivity contribution in [1.29, 1.82) is 0 Å². The Morgan fingerprint density at radius 1 is 0.932 bits per heavy atom. The van der Waals surface area contributed by atoms with Crippen LogP contribution < -0.4 is 0 Å². The Hall–Kier alpha value is -4.24. The number of esters is 3. The Labute approximate surface area is 263 Å². The fraction of sp³-hybridized carbons (Fsp3) is 0.429. The molecule has 1 aromatic rings. The molecule has 0 saturated carbocycles. The van der Waals surface area contributed by atoms with Gasteiger partial charge >= 0.3 is 23.9 Å². The summed E-state index contributed by atoms with van der Waals surface area (Å²) in [5.41, 5.74) is 2.52. The predicted octanol–water partition coefficient (Wildman–Crippen LogP) is 7.03. The number of ether oxygens (including phenoxy) is 3. The summed E-state index contributed by atoms with van der Waals surface area (Å²) in [5, 5.41) is 16.1. The number of hydrogen-bond acceptors (Lipinski definition) is 8. The van der Waals surface area contributed by atoms with Crippen LogP contribution in [0.1, 0.15) is 78.2 Å². The van der Waals surface area contributed by atoms with E-state index in [1.165, 1.54) is 20.0 Å². The SMILES string of the molecule is C=C(C)C(=O)OC(C)CCO.C=C(CC)C(=O)OCCCCCC.C=C(CC=Cc1ccccc1)C(=O)OC.C=CC(=O)O. The van der Waals surface area contributed by atoms with Gasteiger partial charge in [0.2, 0.25) is 0 Å². The number of aliphatic hydroxyl groups is 1. The maximum Gasteiger partial charge on any atom is 0.333 e. The fourth-order valence-electron chi connectivity index (χ4n) is 2.59. The number of benzene rings is 1. The van der Waals surface area contributed by atoms with Crippen LogP contribution in [0.2, 0.25) is 0 Å². The smallest absolute Gasteiger partial charge is 0.333 e. The number of carboxylic acid groups (broad SMARTS) is 1. The van der Waals surface area contributed by atoms with Gasteiger partial charge in [-0.3, -0.25) is 0 Å². The van der Waals surface area contributed by atoms with E-state index in [0.29, 0.717) is 42.6 Å². The van der Waals surface area contributed by atoms with Crippen molar-refractivity contribution in [2.24, 2.45) is 0 Å². The van der Waals surface area contributed by atoms with Crippen LogP contribution in [0, 0.1) is 0 Å². The molecule has 0 aromatic heterocycles. The summed E-state index contributed by atoms with van der Waals surface area (Å²) in [7, 11) is 1.36. The lowest BCUT2D eigenvalue weighted by Crippen LogP contribution is -2.16. The molecule has 1 rings (SSSR count). The normalized spacial score (nSPS) is 10.1. The molecule has 1 aromatic carbocycles. The number of allylic oxidation sites excluding steroid dienone is 1. The first-order valence-electron chi connectivity index (χ1n) is 14.5. The lowest BCUT2D eigenvalue weighted by Gasteiger charge is -2.10. The molecule has 0 amide bonds. The van der Waals surface area contributed by atoms with E-state index in [4.69, 9.17) is 19.7 Å². The van der Waals surface area contributed by atoms with E-state index in [9.17, 15) is 19.2 Å². The predicted molar refractivity (Wildman–Crippen MR) is 176 cm³/mol. The van der Waals surface area contributed by atoms with Crippen molar-refractivity contribution in [2.45, 2.75) is 78.7 Å². The van der Waals surface area contributed by atoms with Gasteiger partial charge < -0.3 is 24.4 Å². The van der Waals surface area contributed by atoms with Gasteiger partial charge in [-0.25, -0.2) is 19.2 Å². The van der Waals surface area contributed by atoms with Gasteiger partial charge in [0.15, 0.2) is 0 Å². The molecule has 1 atom stereocenters. The molecular weight excluding hydrogens is 564 g/mol. The summed E-state index contributed by atoms with van der Waals surface area (Å²) in [6.07, 6.45) is 10.6. The molecule has 1 unspecified atom stereocenters. The Morgan fingerprint density at radius 3 is 1.98 bits per heavy atom. The fourth-order valence-corrected chi connectivity index (χ4v) is 2.59. The Bertz CT molecular complexity index is 1040. The maximum absolute atomic E-state index is 11.1. The molecule has 0 aliphatic rings. The molecule has 0 bridgehead atoms. The zero-order valence-corrected chi connectivity index (χ0v) is 27.1. The Balaban J connectivity index is -0.000000537. The molecule has 0 radical (unpaired) electrons. The van der Waals surface area contributed by atoms with Crippen molar-refractivity contribution in [3.05, 3.63) is 91.1 Å². The number of carbonyl (C=O) groups excluding carboxylic acids is 3. The topological polar surface area (TPSA) is 136 Å². The highest BCUT2D eigenvalue weighted by molar-refractivity contribution is 5.88. The van der Waals surface area contributed by atoms with Crippen LogP contribution in [0.25, 0.3) is 6.08 Å². The van der Waals surface area contributed by atoms with E-state index in [-0.39, 0.29) is 24.6 Å². The number of aliphatic hydroxyl groups excluding tert-OH is 1. The number of aliphatic carboxylic acids is 1. The van der Waals surface area contributed by atoms with E-state index >= 15 is 0 Å². The highest BCUT2D eigenvalue weighted by Crippen LogP contribution is 2.06. The summed E-state index contributed by atoms with van der Waals surface area (Å²) in [6, 6.07) is 9.89. The number of rotatable bonds is 16. The third kappa shape index (κ3) is 29.3. The molecule has 44 heavy (non-hydrogen) atoms. The van der Waals surface area contributed by atoms with Crippen molar-refractivity contribution >= 4 is 30.0 Å². The van der Waals surface area contributed by atoms with Gasteiger partial charge in [0.05, 0.1) is 13.7 Å². The first-order chi connectivity index (χ1) is 20.8. The molecule has 2 N–H and O–H groups in total. The monoisotopic (exact) mass is 616 g/mol. The van der Waals surface area contributed by atoms with Gasteiger partial charge in [0.25, 0.3) is 0 Å².